The summed E-state index contributed by atoms with van der Waals surface area (Å²) >= 11 is 0. The molecule has 0 aromatic heterocycles. The first kappa shape index (κ1) is 22.9. The number of ether oxygens (including phenoxy) is 1. The van der Waals surface area contributed by atoms with Gasteiger partial charge < -0.3 is 15.4 Å². The second-order valence-electron chi connectivity index (χ2n) is 7.24. The predicted octanol–water partition coefficient (Wildman–Crippen LogP) is 1.19. The Morgan fingerprint density at radius 1 is 1.19 bits per heavy atom. The van der Waals surface area contributed by atoms with Crippen molar-refractivity contribution < 1.29 is 17.9 Å². The summed E-state index contributed by atoms with van der Waals surface area (Å²) in [6, 6.07) is 15.7. The van der Waals surface area contributed by atoms with Gasteiger partial charge in [0.1, 0.15) is 12.1 Å². The highest BCUT2D eigenvalue weighted by molar-refractivity contribution is 7.89. The van der Waals surface area contributed by atoms with Gasteiger partial charge in [-0.2, -0.15) is 5.26 Å². The minimum Gasteiger partial charge on any atom is -0.367 e. The molecule has 31 heavy (non-hydrogen) atoms. The molecule has 2 aromatic rings. The van der Waals surface area contributed by atoms with Crippen LogP contribution in [0.25, 0.3) is 11.1 Å². The molecule has 0 bridgehead atoms. The van der Waals surface area contributed by atoms with E-state index in [0.29, 0.717) is 19.6 Å². The summed E-state index contributed by atoms with van der Waals surface area (Å²) in [6.45, 7) is 1.77. The van der Waals surface area contributed by atoms with Gasteiger partial charge in [-0.3, -0.25) is 4.79 Å². The molecule has 1 amide bonds. The second kappa shape index (κ2) is 10.5. The SMILES string of the molecule is CNS(=O)(=O)c1ccc(-c2ccc(C[C@@H](C#N)NC(=O)[C@@H]3CNCCCO3)cc2)cc1. The van der Waals surface area contributed by atoms with Crippen LogP contribution in [0.2, 0.25) is 0 Å². The molecule has 3 N–H and O–H groups in total. The second-order valence-corrected chi connectivity index (χ2v) is 9.13. The normalized spacial score (nSPS) is 17.9. The Morgan fingerprint density at radius 3 is 2.45 bits per heavy atom. The molecule has 2 aromatic carbocycles. The smallest absolute Gasteiger partial charge is 0.251 e. The van der Waals surface area contributed by atoms with Gasteiger partial charge in [-0.1, -0.05) is 36.4 Å². The van der Waals surface area contributed by atoms with Gasteiger partial charge in [0.25, 0.3) is 5.91 Å². The van der Waals surface area contributed by atoms with Crippen molar-refractivity contribution in [3.8, 4) is 17.2 Å². The lowest BCUT2D eigenvalue weighted by Crippen LogP contribution is -2.46. The molecule has 3 rings (SSSR count). The van der Waals surface area contributed by atoms with Gasteiger partial charge in [0.2, 0.25) is 10.0 Å². The summed E-state index contributed by atoms with van der Waals surface area (Å²) in [4.78, 5) is 12.6. The number of hydrogen-bond donors (Lipinski definition) is 3. The van der Waals surface area contributed by atoms with Crippen molar-refractivity contribution in [2.45, 2.75) is 29.9 Å². The third-order valence-electron chi connectivity index (χ3n) is 5.07. The third kappa shape index (κ3) is 6.12. The average molecular weight is 443 g/mol. The number of hydrogen-bond acceptors (Lipinski definition) is 6. The number of nitrogens with one attached hydrogen (secondary N) is 3. The van der Waals surface area contributed by atoms with Crippen molar-refractivity contribution in [1.29, 1.82) is 5.26 Å². The molecule has 1 saturated heterocycles. The molecule has 0 spiro atoms. The van der Waals surface area contributed by atoms with Crippen LogP contribution in [0.5, 0.6) is 0 Å². The van der Waals surface area contributed by atoms with Gasteiger partial charge in [-0.05, 0) is 48.8 Å². The summed E-state index contributed by atoms with van der Waals surface area (Å²) in [6.07, 6.45) is 0.642. The van der Waals surface area contributed by atoms with E-state index in [1.54, 1.807) is 24.3 Å². The molecular formula is C22H26N4O4S. The molecule has 1 heterocycles. The van der Waals surface area contributed by atoms with E-state index in [4.69, 9.17) is 4.74 Å². The number of nitrogens with zero attached hydrogens (tertiary/aromatic N) is 1. The zero-order valence-corrected chi connectivity index (χ0v) is 18.1. The number of sulfonamides is 1. The molecule has 1 aliphatic rings. The van der Waals surface area contributed by atoms with Gasteiger partial charge >= 0.3 is 0 Å². The van der Waals surface area contributed by atoms with E-state index in [1.165, 1.54) is 7.05 Å². The van der Waals surface area contributed by atoms with E-state index in [-0.39, 0.29) is 10.8 Å². The van der Waals surface area contributed by atoms with Gasteiger partial charge in [0.05, 0.1) is 11.0 Å². The van der Waals surface area contributed by atoms with Gasteiger partial charge in [0.15, 0.2) is 0 Å². The molecule has 8 nitrogen and oxygen atoms in total. The van der Waals surface area contributed by atoms with E-state index in [1.807, 2.05) is 24.3 Å². The topological polar surface area (TPSA) is 120 Å². The van der Waals surface area contributed by atoms with Crippen molar-refractivity contribution in [1.82, 2.24) is 15.4 Å². The van der Waals surface area contributed by atoms with E-state index in [0.717, 1.165) is 29.7 Å². The van der Waals surface area contributed by atoms with Gasteiger partial charge in [0, 0.05) is 19.6 Å². The fourth-order valence-corrected chi connectivity index (χ4v) is 4.02. The number of carbonyl (C=O) groups is 1. The molecule has 9 heteroatoms. The van der Waals surface area contributed by atoms with Crippen LogP contribution in [-0.4, -0.2) is 53.2 Å². The standard InChI is InChI=1S/C22H26N4O4S/c1-24-31(28,29)20-9-7-18(8-10-20)17-5-3-16(4-6-17)13-19(14-23)26-22(27)21-15-25-11-2-12-30-21/h3-10,19,21,24-25H,2,11-13,15H2,1H3,(H,26,27)/t19-,21-/m0/s1. The fraction of sp³-hybridized carbons (Fsp3) is 0.364. The largest absolute Gasteiger partial charge is 0.367 e. The molecular weight excluding hydrogens is 416 g/mol. The van der Waals surface area contributed by atoms with Gasteiger partial charge in [-0.25, -0.2) is 13.1 Å². The van der Waals surface area contributed by atoms with Crippen LogP contribution in [0.15, 0.2) is 53.4 Å². The Morgan fingerprint density at radius 2 is 1.84 bits per heavy atom. The van der Waals surface area contributed by atoms with Crippen LogP contribution < -0.4 is 15.4 Å². The summed E-state index contributed by atoms with van der Waals surface area (Å²) in [5.74, 6) is -0.283. The highest BCUT2D eigenvalue weighted by Gasteiger charge is 2.23. The Kier molecular flexibility index (Phi) is 7.76. The van der Waals surface area contributed by atoms with Crippen LogP contribution >= 0.6 is 0 Å². The molecule has 0 aliphatic carbocycles. The average Bonchev–Trinajstić information content (AvgIpc) is 3.09. The lowest BCUT2D eigenvalue weighted by molar-refractivity contribution is -0.132. The van der Waals surface area contributed by atoms with Crippen molar-refractivity contribution in [3.05, 3.63) is 54.1 Å². The first-order valence-corrected chi connectivity index (χ1v) is 11.6. The van der Waals surface area contributed by atoms with Crippen molar-refractivity contribution in [2.75, 3.05) is 26.7 Å². The number of nitriles is 1. The number of benzene rings is 2. The fourth-order valence-electron chi connectivity index (χ4n) is 3.29. The molecule has 1 fully saturated rings. The minimum atomic E-state index is -3.47. The van der Waals surface area contributed by atoms with E-state index in [2.05, 4.69) is 21.4 Å². The van der Waals surface area contributed by atoms with Crippen LogP contribution in [0.1, 0.15) is 12.0 Å². The van der Waals surface area contributed by atoms with Gasteiger partial charge in [-0.15, -0.1) is 0 Å². The Hall–Kier alpha value is -2.77. The van der Waals surface area contributed by atoms with Crippen LogP contribution in [0, 0.1) is 11.3 Å². The monoisotopic (exact) mass is 442 g/mol. The Bertz CT molecular complexity index is 1020. The zero-order chi connectivity index (χ0) is 22.3. The molecule has 0 unspecified atom stereocenters. The van der Waals surface area contributed by atoms with Crippen LogP contribution in [0.3, 0.4) is 0 Å². The van der Waals surface area contributed by atoms with Crippen molar-refractivity contribution in [3.63, 3.8) is 0 Å². The number of amides is 1. The van der Waals surface area contributed by atoms with E-state index < -0.39 is 22.2 Å². The maximum atomic E-state index is 12.4. The number of rotatable bonds is 7. The number of carbonyl (C=O) groups excluding carboxylic acids is 1. The molecule has 2 atom stereocenters. The lowest BCUT2D eigenvalue weighted by Gasteiger charge is -2.18. The zero-order valence-electron chi connectivity index (χ0n) is 17.3. The summed E-state index contributed by atoms with van der Waals surface area (Å²) in [5.41, 5.74) is 2.71. The summed E-state index contributed by atoms with van der Waals surface area (Å²) in [7, 11) is -2.09. The Labute approximate surface area is 182 Å². The van der Waals surface area contributed by atoms with E-state index >= 15 is 0 Å². The minimum absolute atomic E-state index is 0.204. The lowest BCUT2D eigenvalue weighted by atomic mass is 10.0. The maximum absolute atomic E-state index is 12.4. The molecule has 0 radical (unpaired) electrons. The Balaban J connectivity index is 1.62. The predicted molar refractivity (Wildman–Crippen MR) is 117 cm³/mol. The highest BCUT2D eigenvalue weighted by atomic mass is 32.2. The third-order valence-corrected chi connectivity index (χ3v) is 6.50. The highest BCUT2D eigenvalue weighted by Crippen LogP contribution is 2.22. The summed E-state index contributed by atoms with van der Waals surface area (Å²) < 4.78 is 31.5. The first-order valence-electron chi connectivity index (χ1n) is 10.1. The van der Waals surface area contributed by atoms with Crippen molar-refractivity contribution in [2.24, 2.45) is 0 Å². The first-order chi connectivity index (χ1) is 14.9. The van der Waals surface area contributed by atoms with Crippen LogP contribution in [0.4, 0.5) is 0 Å². The quantitative estimate of drug-likeness (QED) is 0.592. The molecule has 1 aliphatic heterocycles. The van der Waals surface area contributed by atoms with Crippen LogP contribution in [-0.2, 0) is 26.0 Å². The van der Waals surface area contributed by atoms with Crippen molar-refractivity contribution >= 4 is 15.9 Å². The molecule has 0 saturated carbocycles. The maximum Gasteiger partial charge on any atom is 0.251 e. The molecule has 164 valence electrons. The summed E-state index contributed by atoms with van der Waals surface area (Å²) in [5, 5.41) is 15.4. The van der Waals surface area contributed by atoms with E-state index in [9.17, 15) is 18.5 Å².